The Balaban J connectivity index is 1.32. The Labute approximate surface area is 253 Å². The smallest absolute Gasteiger partial charge is 0.231 e. The molecular formula is C29H41ClN9O2P. The van der Waals surface area contributed by atoms with Crippen LogP contribution in [0.15, 0.2) is 42.5 Å². The molecule has 0 aliphatic carbocycles. The monoisotopic (exact) mass is 613 g/mol. The molecule has 3 N–H and O–H groups in total. The highest BCUT2D eigenvalue weighted by Gasteiger charge is 2.25. The predicted octanol–water partition coefficient (Wildman–Crippen LogP) is 4.20. The number of piperazine rings is 2. The molecule has 5 rings (SSSR count). The van der Waals surface area contributed by atoms with Gasteiger partial charge in [-0.2, -0.15) is 9.97 Å². The molecule has 0 amide bonds. The van der Waals surface area contributed by atoms with Crippen molar-refractivity contribution in [3.63, 3.8) is 0 Å². The van der Waals surface area contributed by atoms with Crippen LogP contribution < -0.4 is 30.9 Å². The zero-order chi connectivity index (χ0) is 29.9. The predicted molar refractivity (Wildman–Crippen MR) is 175 cm³/mol. The molecule has 2 fully saturated rings. The van der Waals surface area contributed by atoms with E-state index >= 15 is 0 Å². The van der Waals surface area contributed by atoms with Crippen molar-refractivity contribution in [3.05, 3.63) is 47.5 Å². The largest absolute Gasteiger partial charge is 0.494 e. The van der Waals surface area contributed by atoms with Crippen LogP contribution in [-0.4, -0.2) is 112 Å². The number of methoxy groups -OCH3 is 1. The Hall–Kier alpha value is -3.08. The zero-order valence-corrected chi connectivity index (χ0v) is 26.7. The van der Waals surface area contributed by atoms with Gasteiger partial charge in [0.05, 0.1) is 18.5 Å². The molecule has 3 aromatic rings. The average molecular weight is 614 g/mol. The third kappa shape index (κ3) is 6.93. The third-order valence-electron chi connectivity index (χ3n) is 7.76. The molecule has 0 spiro atoms. The van der Waals surface area contributed by atoms with Crippen LogP contribution in [0.2, 0.25) is 5.02 Å². The van der Waals surface area contributed by atoms with E-state index in [-0.39, 0.29) is 0 Å². The Bertz CT molecular complexity index is 1440. The van der Waals surface area contributed by atoms with Gasteiger partial charge < -0.3 is 35.1 Å². The van der Waals surface area contributed by atoms with E-state index < -0.39 is 7.14 Å². The fraction of sp³-hybridized carbons (Fsp3) is 0.448. The van der Waals surface area contributed by atoms with Crippen LogP contribution in [0.25, 0.3) is 0 Å². The Morgan fingerprint density at radius 3 is 2.14 bits per heavy atom. The first-order chi connectivity index (χ1) is 20.2. The van der Waals surface area contributed by atoms with Crippen molar-refractivity contribution in [2.24, 2.45) is 0 Å². The van der Waals surface area contributed by atoms with Gasteiger partial charge in [0.25, 0.3) is 0 Å². The van der Waals surface area contributed by atoms with Crippen LogP contribution in [0, 0.1) is 0 Å². The summed E-state index contributed by atoms with van der Waals surface area (Å²) in [4.78, 5) is 14.0. The lowest BCUT2D eigenvalue weighted by atomic mass is 10.2. The van der Waals surface area contributed by atoms with Crippen molar-refractivity contribution in [1.82, 2.24) is 24.9 Å². The van der Waals surface area contributed by atoms with E-state index in [0.29, 0.717) is 34.0 Å². The number of halogens is 1. The minimum atomic E-state index is -2.54. The van der Waals surface area contributed by atoms with Crippen LogP contribution >= 0.6 is 18.7 Å². The van der Waals surface area contributed by atoms with Crippen molar-refractivity contribution in [2.75, 3.05) is 108 Å². The first-order valence-electron chi connectivity index (χ1n) is 14.2. The highest BCUT2D eigenvalue weighted by atomic mass is 35.5. The molecule has 0 saturated carbocycles. The highest BCUT2D eigenvalue weighted by molar-refractivity contribution is 7.70. The summed E-state index contributed by atoms with van der Waals surface area (Å²) in [6.45, 7) is 11.8. The molecule has 0 atom stereocenters. The average Bonchev–Trinajstić information content (AvgIpc) is 2.99. The van der Waals surface area contributed by atoms with Gasteiger partial charge >= 0.3 is 0 Å². The molecule has 0 bridgehead atoms. The highest BCUT2D eigenvalue weighted by Crippen LogP contribution is 2.40. The summed E-state index contributed by atoms with van der Waals surface area (Å²) in [6.07, 6.45) is 0. The molecule has 2 aliphatic heterocycles. The normalized spacial score (nSPS) is 17.2. The van der Waals surface area contributed by atoms with Crippen LogP contribution in [-0.2, 0) is 4.57 Å². The Morgan fingerprint density at radius 2 is 1.50 bits per heavy atom. The SMILES string of the molecule is CNc1nc(Nc2ccc(N3CCN(N4CCN(C)CC4)CC3)cc2OC)nc(Nc2ccccc2P(C)(C)=O)c1Cl. The van der Waals surface area contributed by atoms with Crippen molar-refractivity contribution in [1.29, 1.82) is 0 Å². The molecule has 1 aromatic heterocycles. The second kappa shape index (κ2) is 13.1. The maximum absolute atomic E-state index is 12.9. The maximum Gasteiger partial charge on any atom is 0.231 e. The van der Waals surface area contributed by atoms with Crippen LogP contribution in [0.1, 0.15) is 0 Å². The van der Waals surface area contributed by atoms with Gasteiger partial charge in [0, 0.05) is 76.5 Å². The molecule has 3 heterocycles. The number of para-hydroxylation sites is 1. The molecule has 2 saturated heterocycles. The molecule has 2 aliphatic rings. The molecule has 226 valence electrons. The number of aromatic nitrogens is 2. The summed E-state index contributed by atoms with van der Waals surface area (Å²) in [5.41, 5.74) is 2.54. The second-order valence-corrected chi connectivity index (χ2v) is 14.6. The fourth-order valence-electron chi connectivity index (χ4n) is 5.34. The number of hydrogen-bond donors (Lipinski definition) is 3. The van der Waals surface area contributed by atoms with Crippen LogP contribution in [0.4, 0.5) is 34.6 Å². The quantitative estimate of drug-likeness (QED) is 0.303. The lowest BCUT2D eigenvalue weighted by Gasteiger charge is -2.44. The standard InChI is InChI=1S/C29H41ClN9O2P/c1-31-27-26(30)28(32-23-8-6-7-9-25(23)42(4,5)40)35-29(34-27)33-22-11-10-21(20-24(22)41-3)37-14-18-39(19-15-37)38-16-12-36(2)13-17-38/h6-11,20H,12-19H2,1-5H3,(H3,31,32,33,34,35). The fourth-order valence-corrected chi connectivity index (χ4v) is 6.73. The van der Waals surface area contributed by atoms with Crippen molar-refractivity contribution >= 4 is 58.7 Å². The van der Waals surface area contributed by atoms with E-state index in [0.717, 1.165) is 69.0 Å². The Morgan fingerprint density at radius 1 is 0.857 bits per heavy atom. The van der Waals surface area contributed by atoms with Crippen molar-refractivity contribution < 1.29 is 9.30 Å². The van der Waals surface area contributed by atoms with E-state index in [1.54, 1.807) is 27.5 Å². The van der Waals surface area contributed by atoms with Crippen LogP contribution in [0.5, 0.6) is 5.75 Å². The molecule has 0 unspecified atom stereocenters. The number of anilines is 6. The molecule has 0 radical (unpaired) electrons. The van der Waals surface area contributed by atoms with E-state index in [2.05, 4.69) is 64.9 Å². The second-order valence-electron chi connectivity index (χ2n) is 11.0. The van der Waals surface area contributed by atoms with Crippen molar-refractivity contribution in [2.45, 2.75) is 0 Å². The van der Waals surface area contributed by atoms with Gasteiger partial charge in [-0.1, -0.05) is 23.7 Å². The summed E-state index contributed by atoms with van der Waals surface area (Å²) >= 11 is 6.65. The van der Waals surface area contributed by atoms with Gasteiger partial charge in [0.1, 0.15) is 17.9 Å². The summed E-state index contributed by atoms with van der Waals surface area (Å²) in [5.74, 6) is 1.88. The van der Waals surface area contributed by atoms with Crippen molar-refractivity contribution in [3.8, 4) is 5.75 Å². The number of likely N-dealkylation sites (N-methyl/N-ethyl adjacent to an activating group) is 1. The molecule has 42 heavy (non-hydrogen) atoms. The summed E-state index contributed by atoms with van der Waals surface area (Å²) in [7, 11) is 3.06. The number of hydrogen-bond acceptors (Lipinski definition) is 11. The van der Waals surface area contributed by atoms with E-state index in [9.17, 15) is 4.57 Å². The van der Waals surface area contributed by atoms with Crippen LogP contribution in [0.3, 0.4) is 0 Å². The minimum Gasteiger partial charge on any atom is -0.494 e. The lowest BCUT2D eigenvalue weighted by molar-refractivity contribution is -0.0564. The lowest BCUT2D eigenvalue weighted by Crippen LogP contribution is -2.58. The maximum atomic E-state index is 12.9. The number of ether oxygens (including phenoxy) is 1. The summed E-state index contributed by atoms with van der Waals surface area (Å²) in [6, 6.07) is 13.6. The zero-order valence-electron chi connectivity index (χ0n) is 25.0. The van der Waals surface area contributed by atoms with E-state index in [4.69, 9.17) is 16.3 Å². The van der Waals surface area contributed by atoms with Gasteiger partial charge in [0.2, 0.25) is 5.95 Å². The van der Waals surface area contributed by atoms with Gasteiger partial charge in [-0.05, 0) is 44.6 Å². The van der Waals surface area contributed by atoms with E-state index in [1.807, 2.05) is 30.3 Å². The number of benzene rings is 2. The molecule has 11 nitrogen and oxygen atoms in total. The number of nitrogens with zero attached hydrogens (tertiary/aromatic N) is 6. The van der Waals surface area contributed by atoms with Gasteiger partial charge in [-0.15, -0.1) is 0 Å². The first kappa shape index (κ1) is 30.4. The summed E-state index contributed by atoms with van der Waals surface area (Å²) < 4.78 is 18.7. The first-order valence-corrected chi connectivity index (χ1v) is 17.2. The molecule has 2 aromatic carbocycles. The van der Waals surface area contributed by atoms with E-state index in [1.165, 1.54) is 0 Å². The molecule has 13 heteroatoms. The third-order valence-corrected chi connectivity index (χ3v) is 9.67. The number of rotatable bonds is 9. The Kier molecular flexibility index (Phi) is 9.44. The van der Waals surface area contributed by atoms with Gasteiger partial charge in [-0.25, -0.2) is 10.0 Å². The number of nitrogens with one attached hydrogen (secondary N) is 3. The topological polar surface area (TPSA) is 101 Å². The number of hydrazine groups is 1. The minimum absolute atomic E-state index is 0.331. The summed E-state index contributed by atoms with van der Waals surface area (Å²) in [5, 5.41) is 15.7. The van der Waals surface area contributed by atoms with Gasteiger partial charge in [0.15, 0.2) is 11.6 Å². The molecular weight excluding hydrogens is 573 g/mol. The van der Waals surface area contributed by atoms with Gasteiger partial charge in [-0.3, -0.25) is 0 Å².